The summed E-state index contributed by atoms with van der Waals surface area (Å²) in [4.78, 5) is 15.2. The number of likely N-dealkylation sites (tertiary alicyclic amines) is 1. The highest BCUT2D eigenvalue weighted by molar-refractivity contribution is 5.66. The molecule has 1 aliphatic rings. The molecule has 1 amide bonds. The van der Waals surface area contributed by atoms with E-state index in [1.165, 1.54) is 10.5 Å². The van der Waals surface area contributed by atoms with E-state index in [9.17, 15) is 9.90 Å². The molecule has 0 radical (unpaired) electrons. The first kappa shape index (κ1) is 17.1. The van der Waals surface area contributed by atoms with Gasteiger partial charge in [-0.15, -0.1) is 0 Å². The number of hydrogen-bond donors (Lipinski definition) is 3. The Morgan fingerprint density at radius 3 is 2.52 bits per heavy atom. The number of rotatable bonds is 4. The standard InChI is InChI=1S/C19H24N4O2/c1-22(19(24)25)18-12-23(10-13-5-3-2-4-6-13)11-15(18)14-7-8-16(20)17(21)9-14/h2-9,15,18H,10-12,20-21H2,1H3,(H,24,25). The zero-order valence-corrected chi connectivity index (χ0v) is 14.3. The van der Waals surface area contributed by atoms with Crippen LogP contribution in [0.1, 0.15) is 17.0 Å². The SMILES string of the molecule is CN(C(=O)O)C1CN(Cc2ccccc2)CC1c1ccc(N)c(N)c1. The number of likely N-dealkylation sites (N-methyl/N-ethyl adjacent to an activating group) is 1. The van der Waals surface area contributed by atoms with Crippen LogP contribution in [0.3, 0.4) is 0 Å². The van der Waals surface area contributed by atoms with Gasteiger partial charge >= 0.3 is 6.09 Å². The average molecular weight is 340 g/mol. The van der Waals surface area contributed by atoms with Gasteiger partial charge in [0, 0.05) is 32.6 Å². The first-order valence-corrected chi connectivity index (χ1v) is 8.32. The number of nitrogen functional groups attached to an aromatic ring is 2. The number of nitrogens with zero attached hydrogens (tertiary/aromatic N) is 2. The van der Waals surface area contributed by atoms with Gasteiger partial charge in [0.2, 0.25) is 0 Å². The molecule has 6 nitrogen and oxygen atoms in total. The summed E-state index contributed by atoms with van der Waals surface area (Å²) in [5, 5.41) is 9.44. The molecule has 0 aromatic heterocycles. The minimum atomic E-state index is -0.917. The number of nitrogens with two attached hydrogens (primary N) is 2. The molecule has 0 spiro atoms. The number of benzene rings is 2. The lowest BCUT2D eigenvalue weighted by Crippen LogP contribution is -2.40. The van der Waals surface area contributed by atoms with E-state index in [1.807, 2.05) is 30.3 Å². The van der Waals surface area contributed by atoms with Crippen molar-refractivity contribution in [3.05, 3.63) is 59.7 Å². The maximum absolute atomic E-state index is 11.5. The molecule has 1 saturated heterocycles. The Bertz CT molecular complexity index is 750. The molecule has 3 rings (SSSR count). The molecular formula is C19H24N4O2. The lowest BCUT2D eigenvalue weighted by Gasteiger charge is -2.27. The van der Waals surface area contributed by atoms with Crippen LogP contribution in [0, 0.1) is 0 Å². The molecule has 1 heterocycles. The van der Waals surface area contributed by atoms with Crippen molar-refractivity contribution >= 4 is 17.5 Å². The van der Waals surface area contributed by atoms with Crippen molar-refractivity contribution in [1.29, 1.82) is 0 Å². The molecule has 5 N–H and O–H groups in total. The van der Waals surface area contributed by atoms with Crippen molar-refractivity contribution in [2.24, 2.45) is 0 Å². The van der Waals surface area contributed by atoms with Crippen molar-refractivity contribution in [3.63, 3.8) is 0 Å². The van der Waals surface area contributed by atoms with E-state index < -0.39 is 6.09 Å². The van der Waals surface area contributed by atoms with Crippen LogP contribution in [0.4, 0.5) is 16.2 Å². The van der Waals surface area contributed by atoms with Gasteiger partial charge in [0.1, 0.15) is 0 Å². The summed E-state index contributed by atoms with van der Waals surface area (Å²) in [5.74, 6) is 0.0627. The van der Waals surface area contributed by atoms with Crippen LogP contribution in [0.5, 0.6) is 0 Å². The molecule has 1 aliphatic heterocycles. The molecule has 2 unspecified atom stereocenters. The fourth-order valence-electron chi connectivity index (χ4n) is 3.52. The quantitative estimate of drug-likeness (QED) is 0.743. The lowest BCUT2D eigenvalue weighted by atomic mass is 9.93. The first-order valence-electron chi connectivity index (χ1n) is 8.32. The Hall–Kier alpha value is -2.73. The van der Waals surface area contributed by atoms with E-state index in [4.69, 9.17) is 11.5 Å². The van der Waals surface area contributed by atoms with E-state index in [-0.39, 0.29) is 12.0 Å². The number of amides is 1. The van der Waals surface area contributed by atoms with Gasteiger partial charge in [-0.05, 0) is 23.3 Å². The molecule has 2 atom stereocenters. The third kappa shape index (κ3) is 3.69. The fourth-order valence-corrected chi connectivity index (χ4v) is 3.52. The van der Waals surface area contributed by atoms with E-state index in [2.05, 4.69) is 17.0 Å². The average Bonchev–Trinajstić information content (AvgIpc) is 3.01. The normalized spacial score (nSPS) is 20.5. The van der Waals surface area contributed by atoms with Crippen molar-refractivity contribution < 1.29 is 9.90 Å². The van der Waals surface area contributed by atoms with Crippen molar-refractivity contribution in [1.82, 2.24) is 9.80 Å². The van der Waals surface area contributed by atoms with E-state index in [0.29, 0.717) is 17.9 Å². The topological polar surface area (TPSA) is 95.8 Å². The number of carbonyl (C=O) groups is 1. The second kappa shape index (κ2) is 7.03. The smallest absolute Gasteiger partial charge is 0.407 e. The summed E-state index contributed by atoms with van der Waals surface area (Å²) >= 11 is 0. The van der Waals surface area contributed by atoms with Crippen LogP contribution in [-0.4, -0.2) is 47.2 Å². The van der Waals surface area contributed by atoms with E-state index in [1.54, 1.807) is 13.1 Å². The zero-order chi connectivity index (χ0) is 18.0. The first-order chi connectivity index (χ1) is 12.0. The second-order valence-electron chi connectivity index (χ2n) is 6.64. The maximum atomic E-state index is 11.5. The largest absolute Gasteiger partial charge is 0.465 e. The van der Waals surface area contributed by atoms with Crippen LogP contribution < -0.4 is 11.5 Å². The monoisotopic (exact) mass is 340 g/mol. The molecule has 1 fully saturated rings. The fraction of sp³-hybridized carbons (Fsp3) is 0.316. The summed E-state index contributed by atoms with van der Waals surface area (Å²) in [6.45, 7) is 2.26. The maximum Gasteiger partial charge on any atom is 0.407 e. The van der Waals surface area contributed by atoms with Gasteiger partial charge in [-0.2, -0.15) is 0 Å². The Labute approximate surface area is 147 Å². The lowest BCUT2D eigenvalue weighted by molar-refractivity contribution is 0.135. The highest BCUT2D eigenvalue weighted by Gasteiger charge is 2.38. The van der Waals surface area contributed by atoms with Crippen molar-refractivity contribution in [2.45, 2.75) is 18.5 Å². The van der Waals surface area contributed by atoms with E-state index in [0.717, 1.165) is 18.7 Å². The minimum absolute atomic E-state index is 0.0627. The van der Waals surface area contributed by atoms with Crippen LogP contribution >= 0.6 is 0 Å². The number of hydrogen-bond acceptors (Lipinski definition) is 4. The summed E-state index contributed by atoms with van der Waals surface area (Å²) in [7, 11) is 1.63. The van der Waals surface area contributed by atoms with Gasteiger partial charge < -0.3 is 21.5 Å². The van der Waals surface area contributed by atoms with Gasteiger partial charge in [0.15, 0.2) is 0 Å². The van der Waals surface area contributed by atoms with Crippen LogP contribution in [0.15, 0.2) is 48.5 Å². The molecular weight excluding hydrogens is 316 g/mol. The highest BCUT2D eigenvalue weighted by atomic mass is 16.4. The summed E-state index contributed by atoms with van der Waals surface area (Å²) < 4.78 is 0. The van der Waals surface area contributed by atoms with Crippen molar-refractivity contribution in [2.75, 3.05) is 31.6 Å². The highest BCUT2D eigenvalue weighted by Crippen LogP contribution is 2.33. The third-order valence-electron chi connectivity index (χ3n) is 4.95. The Balaban J connectivity index is 1.85. The van der Waals surface area contributed by atoms with E-state index >= 15 is 0 Å². The van der Waals surface area contributed by atoms with Crippen LogP contribution in [0.25, 0.3) is 0 Å². The predicted octanol–water partition coefficient (Wildman–Crippen LogP) is 2.43. The Morgan fingerprint density at radius 1 is 1.16 bits per heavy atom. The van der Waals surface area contributed by atoms with Gasteiger partial charge in [-0.25, -0.2) is 4.79 Å². The van der Waals surface area contributed by atoms with Gasteiger partial charge in [-0.1, -0.05) is 36.4 Å². The molecule has 132 valence electrons. The van der Waals surface area contributed by atoms with Crippen molar-refractivity contribution in [3.8, 4) is 0 Å². The molecule has 0 aliphatic carbocycles. The molecule has 0 saturated carbocycles. The van der Waals surface area contributed by atoms with Crippen LogP contribution in [0.2, 0.25) is 0 Å². The molecule has 2 aromatic rings. The predicted molar refractivity (Wildman–Crippen MR) is 99.3 cm³/mol. The van der Waals surface area contributed by atoms with Gasteiger partial charge in [-0.3, -0.25) is 4.90 Å². The van der Waals surface area contributed by atoms with Gasteiger partial charge in [0.05, 0.1) is 17.4 Å². The number of carboxylic acid groups (broad SMARTS) is 1. The third-order valence-corrected chi connectivity index (χ3v) is 4.95. The Kier molecular flexibility index (Phi) is 4.81. The number of anilines is 2. The molecule has 6 heteroatoms. The van der Waals surface area contributed by atoms with Gasteiger partial charge in [0.25, 0.3) is 0 Å². The molecule has 0 bridgehead atoms. The molecule has 2 aromatic carbocycles. The summed E-state index contributed by atoms with van der Waals surface area (Å²) in [5.41, 5.74) is 15.1. The molecule has 25 heavy (non-hydrogen) atoms. The summed E-state index contributed by atoms with van der Waals surface area (Å²) in [6, 6.07) is 15.7. The van der Waals surface area contributed by atoms with Crippen LogP contribution in [-0.2, 0) is 6.54 Å². The zero-order valence-electron chi connectivity index (χ0n) is 14.3. The minimum Gasteiger partial charge on any atom is -0.465 e. The second-order valence-corrected chi connectivity index (χ2v) is 6.64. The Morgan fingerprint density at radius 2 is 1.88 bits per heavy atom. The summed E-state index contributed by atoms with van der Waals surface area (Å²) in [6.07, 6.45) is -0.917.